The number of carbonyl (C=O) groups excluding carboxylic acids is 1. The smallest absolute Gasteiger partial charge is 0.264 e. The van der Waals surface area contributed by atoms with Crippen LogP contribution < -0.4 is 10.0 Å². The molecule has 21 heavy (non-hydrogen) atoms. The topological polar surface area (TPSA) is 93.1 Å². The minimum Gasteiger partial charge on any atom is -0.358 e. The zero-order valence-corrected chi connectivity index (χ0v) is 11.9. The highest BCUT2D eigenvalue weighted by molar-refractivity contribution is 7.92. The minimum absolute atomic E-state index is 0.0437. The van der Waals surface area contributed by atoms with Gasteiger partial charge in [0.1, 0.15) is 17.3 Å². The number of likely N-dealkylation sites (N-methyl/N-ethyl adjacent to an activating group) is 1. The van der Waals surface area contributed by atoms with Crippen molar-refractivity contribution in [3.63, 3.8) is 0 Å². The van der Waals surface area contributed by atoms with Gasteiger partial charge in [-0.1, -0.05) is 12.1 Å². The molecule has 7 nitrogen and oxygen atoms in total. The van der Waals surface area contributed by atoms with E-state index in [0.717, 1.165) is 12.1 Å². The average molecular weight is 312 g/mol. The number of benzene rings is 1. The summed E-state index contributed by atoms with van der Waals surface area (Å²) in [5.74, 6) is -1.12. The molecule has 0 unspecified atom stereocenters. The molecular weight excluding hydrogens is 299 g/mol. The first kappa shape index (κ1) is 15.0. The van der Waals surface area contributed by atoms with Crippen molar-refractivity contribution in [2.24, 2.45) is 0 Å². The van der Waals surface area contributed by atoms with Crippen molar-refractivity contribution >= 4 is 21.6 Å². The molecule has 0 aliphatic carbocycles. The average Bonchev–Trinajstić information content (AvgIpc) is 2.85. The molecule has 112 valence electrons. The number of rotatable bonds is 5. The maximum atomic E-state index is 13.5. The fraction of sp³-hybridized carbons (Fsp3) is 0.167. The van der Waals surface area contributed by atoms with Crippen LogP contribution in [0.2, 0.25) is 0 Å². The Morgan fingerprint density at radius 1 is 1.38 bits per heavy atom. The fourth-order valence-corrected chi connectivity index (χ4v) is 2.71. The van der Waals surface area contributed by atoms with Crippen LogP contribution in [0.5, 0.6) is 0 Å². The monoisotopic (exact) mass is 312 g/mol. The van der Waals surface area contributed by atoms with Crippen molar-refractivity contribution in [2.45, 2.75) is 11.4 Å². The molecule has 0 bridgehead atoms. The van der Waals surface area contributed by atoms with E-state index in [9.17, 15) is 17.6 Å². The molecule has 0 saturated heterocycles. The molecule has 0 aliphatic rings. The first-order chi connectivity index (χ1) is 9.92. The summed E-state index contributed by atoms with van der Waals surface area (Å²) in [6.07, 6.45) is 2.58. The van der Waals surface area contributed by atoms with E-state index in [4.69, 9.17) is 0 Å². The van der Waals surface area contributed by atoms with Crippen molar-refractivity contribution in [3.8, 4) is 0 Å². The van der Waals surface area contributed by atoms with E-state index in [1.807, 2.05) is 0 Å². The Bertz CT molecular complexity index is 757. The first-order valence-corrected chi connectivity index (χ1v) is 7.41. The first-order valence-electron chi connectivity index (χ1n) is 5.93. The van der Waals surface area contributed by atoms with Crippen LogP contribution in [0.15, 0.2) is 41.6 Å². The predicted molar refractivity (Wildman–Crippen MR) is 73.5 cm³/mol. The highest BCUT2D eigenvalue weighted by Crippen LogP contribution is 2.17. The lowest BCUT2D eigenvalue weighted by atomic mass is 10.4. The third kappa shape index (κ3) is 3.57. The Morgan fingerprint density at radius 2 is 2.10 bits per heavy atom. The summed E-state index contributed by atoms with van der Waals surface area (Å²) in [6.45, 7) is -0.0437. The van der Waals surface area contributed by atoms with Gasteiger partial charge in [0.25, 0.3) is 10.0 Å². The number of hydrogen-bond donors (Lipinski definition) is 2. The lowest BCUT2D eigenvalue weighted by Crippen LogP contribution is -2.23. The van der Waals surface area contributed by atoms with E-state index in [1.54, 1.807) is 0 Å². The summed E-state index contributed by atoms with van der Waals surface area (Å²) < 4.78 is 41.1. The number of anilines is 1. The van der Waals surface area contributed by atoms with Gasteiger partial charge >= 0.3 is 0 Å². The number of halogens is 1. The van der Waals surface area contributed by atoms with Gasteiger partial charge in [0.15, 0.2) is 0 Å². The van der Waals surface area contributed by atoms with Gasteiger partial charge in [0.05, 0.1) is 11.9 Å². The number of nitrogens with zero attached hydrogens (tertiary/aromatic N) is 2. The third-order valence-corrected chi connectivity index (χ3v) is 4.01. The predicted octanol–water partition coefficient (Wildman–Crippen LogP) is 0.569. The molecule has 9 heteroatoms. The van der Waals surface area contributed by atoms with Gasteiger partial charge in [-0.05, 0) is 12.1 Å². The van der Waals surface area contributed by atoms with Gasteiger partial charge in [-0.3, -0.25) is 14.2 Å². The van der Waals surface area contributed by atoms with Crippen LogP contribution in [0.3, 0.4) is 0 Å². The summed E-state index contributed by atoms with van der Waals surface area (Å²) in [5, 5.41) is 6.26. The van der Waals surface area contributed by atoms with Gasteiger partial charge < -0.3 is 5.32 Å². The number of sulfonamides is 1. The maximum Gasteiger partial charge on any atom is 0.264 e. The second-order valence-corrected chi connectivity index (χ2v) is 5.79. The quantitative estimate of drug-likeness (QED) is 0.844. The molecule has 0 saturated carbocycles. The number of carbonyl (C=O) groups is 1. The number of nitrogens with one attached hydrogen (secondary N) is 2. The minimum atomic E-state index is -4.04. The molecule has 1 aromatic carbocycles. The highest BCUT2D eigenvalue weighted by Gasteiger charge is 2.19. The van der Waals surface area contributed by atoms with Gasteiger partial charge in [0, 0.05) is 13.2 Å². The summed E-state index contributed by atoms with van der Waals surface area (Å²) in [5.41, 5.74) is 0.141. The van der Waals surface area contributed by atoms with E-state index in [1.165, 1.54) is 36.3 Å². The normalized spacial score (nSPS) is 11.1. The Labute approximate surface area is 120 Å². The van der Waals surface area contributed by atoms with E-state index in [-0.39, 0.29) is 18.1 Å². The second-order valence-electron chi connectivity index (χ2n) is 4.14. The summed E-state index contributed by atoms with van der Waals surface area (Å²) in [7, 11) is -2.56. The van der Waals surface area contributed by atoms with Crippen LogP contribution >= 0.6 is 0 Å². The molecule has 0 aliphatic heterocycles. The number of hydrogen-bond acceptors (Lipinski definition) is 4. The largest absolute Gasteiger partial charge is 0.358 e. The van der Waals surface area contributed by atoms with E-state index in [0.29, 0.717) is 0 Å². The Balaban J connectivity index is 2.18. The second kappa shape index (κ2) is 5.92. The molecule has 0 spiro atoms. The van der Waals surface area contributed by atoms with E-state index in [2.05, 4.69) is 15.1 Å². The van der Waals surface area contributed by atoms with Crippen LogP contribution in [0.25, 0.3) is 0 Å². The fourth-order valence-electron chi connectivity index (χ4n) is 1.60. The Hall–Kier alpha value is -2.42. The highest BCUT2D eigenvalue weighted by atomic mass is 32.2. The van der Waals surface area contributed by atoms with Gasteiger partial charge in [0.2, 0.25) is 5.91 Å². The summed E-state index contributed by atoms with van der Waals surface area (Å²) in [6, 6.07) is 5.04. The van der Waals surface area contributed by atoms with Crippen molar-refractivity contribution in [2.75, 3.05) is 11.8 Å². The Kier molecular flexibility index (Phi) is 4.22. The SMILES string of the molecule is CNC(=O)Cn1cc(NS(=O)(=O)c2ccccc2F)cn1. The lowest BCUT2D eigenvalue weighted by Gasteiger charge is -2.06. The maximum absolute atomic E-state index is 13.5. The van der Waals surface area contributed by atoms with Crippen LogP contribution in [-0.4, -0.2) is 31.2 Å². The molecular formula is C12H13FN4O3S. The summed E-state index contributed by atoms with van der Waals surface area (Å²) >= 11 is 0. The molecule has 0 atom stereocenters. The Morgan fingerprint density at radius 3 is 2.76 bits per heavy atom. The summed E-state index contributed by atoms with van der Waals surface area (Å²) in [4.78, 5) is 10.7. The van der Waals surface area contributed by atoms with Crippen molar-refractivity contribution in [1.29, 1.82) is 0 Å². The van der Waals surface area contributed by atoms with Crippen molar-refractivity contribution in [1.82, 2.24) is 15.1 Å². The van der Waals surface area contributed by atoms with Crippen molar-refractivity contribution in [3.05, 3.63) is 42.5 Å². The molecule has 1 aromatic heterocycles. The van der Waals surface area contributed by atoms with Crippen LogP contribution in [0, 0.1) is 5.82 Å². The number of amides is 1. The molecule has 2 N–H and O–H groups in total. The molecule has 1 heterocycles. The van der Waals surface area contributed by atoms with Gasteiger partial charge in [-0.2, -0.15) is 5.10 Å². The van der Waals surface area contributed by atoms with Gasteiger partial charge in [-0.25, -0.2) is 12.8 Å². The van der Waals surface area contributed by atoms with Crippen molar-refractivity contribution < 1.29 is 17.6 Å². The van der Waals surface area contributed by atoms with Crippen LogP contribution in [0.1, 0.15) is 0 Å². The molecule has 0 fully saturated rings. The standard InChI is InChI=1S/C12H13FN4O3S/c1-14-12(18)8-17-7-9(6-15-17)16-21(19,20)11-5-3-2-4-10(11)13/h2-7,16H,8H2,1H3,(H,14,18). The van der Waals surface area contributed by atoms with Crippen LogP contribution in [-0.2, 0) is 21.4 Å². The molecule has 0 radical (unpaired) electrons. The number of aromatic nitrogens is 2. The van der Waals surface area contributed by atoms with Crippen LogP contribution in [0.4, 0.5) is 10.1 Å². The molecule has 1 amide bonds. The third-order valence-electron chi connectivity index (χ3n) is 2.60. The zero-order chi connectivity index (χ0) is 15.5. The lowest BCUT2D eigenvalue weighted by molar-refractivity contribution is -0.121. The zero-order valence-electron chi connectivity index (χ0n) is 11.1. The van der Waals surface area contributed by atoms with E-state index >= 15 is 0 Å². The molecule has 2 rings (SSSR count). The van der Waals surface area contributed by atoms with E-state index < -0.39 is 20.7 Å². The molecule has 2 aromatic rings. The van der Waals surface area contributed by atoms with Gasteiger partial charge in [-0.15, -0.1) is 0 Å².